The van der Waals surface area contributed by atoms with Crippen molar-refractivity contribution < 1.29 is 19.0 Å². The first kappa shape index (κ1) is 13.7. The van der Waals surface area contributed by atoms with E-state index >= 15 is 0 Å². The largest absolute Gasteiger partial charge is 0.493 e. The number of anilines is 1. The van der Waals surface area contributed by atoms with Crippen molar-refractivity contribution in [1.29, 1.82) is 0 Å². The van der Waals surface area contributed by atoms with E-state index in [4.69, 9.17) is 19.9 Å². The highest BCUT2D eigenvalue weighted by atomic mass is 16.5. The van der Waals surface area contributed by atoms with E-state index in [1.807, 2.05) is 0 Å². The van der Waals surface area contributed by atoms with Gasteiger partial charge in [-0.15, -0.1) is 0 Å². The zero-order valence-corrected chi connectivity index (χ0v) is 10.8. The van der Waals surface area contributed by atoms with Crippen molar-refractivity contribution in [2.75, 3.05) is 32.2 Å². The molecule has 1 atom stereocenters. The molecule has 1 aromatic carbocycles. The van der Waals surface area contributed by atoms with Crippen molar-refractivity contribution >= 4 is 11.7 Å². The van der Waals surface area contributed by atoms with Gasteiger partial charge in [-0.3, -0.25) is 4.79 Å². The predicted octanol–water partition coefficient (Wildman–Crippen LogP) is 1.62. The van der Waals surface area contributed by atoms with Crippen LogP contribution in [0.25, 0.3) is 0 Å². The standard InChI is InChI=1S/C14H19NO4/c15-12-1-3-13(4-2-12)18-8-6-14(16)19-10-11-5-7-17-9-11/h1-4,11H,5-10,15H2. The van der Waals surface area contributed by atoms with Crippen LogP contribution in [-0.4, -0.2) is 32.4 Å². The molecule has 0 radical (unpaired) electrons. The summed E-state index contributed by atoms with van der Waals surface area (Å²) in [5, 5.41) is 0. The molecule has 104 valence electrons. The van der Waals surface area contributed by atoms with E-state index in [1.165, 1.54) is 0 Å². The monoisotopic (exact) mass is 265 g/mol. The van der Waals surface area contributed by atoms with Crippen LogP contribution >= 0.6 is 0 Å². The van der Waals surface area contributed by atoms with Gasteiger partial charge < -0.3 is 19.9 Å². The molecule has 1 saturated heterocycles. The Labute approximate surface area is 112 Å². The lowest BCUT2D eigenvalue weighted by Crippen LogP contribution is -2.16. The van der Waals surface area contributed by atoms with E-state index in [9.17, 15) is 4.79 Å². The summed E-state index contributed by atoms with van der Waals surface area (Å²) < 4.78 is 15.8. The average Bonchev–Trinajstić information content (AvgIpc) is 2.92. The van der Waals surface area contributed by atoms with Crippen LogP contribution < -0.4 is 10.5 Å². The van der Waals surface area contributed by atoms with Crippen LogP contribution in [0.4, 0.5) is 5.69 Å². The Bertz CT molecular complexity index is 398. The first-order valence-electron chi connectivity index (χ1n) is 6.46. The molecule has 2 rings (SSSR count). The van der Waals surface area contributed by atoms with Crippen molar-refractivity contribution in [2.45, 2.75) is 12.8 Å². The lowest BCUT2D eigenvalue weighted by atomic mass is 10.1. The number of nitrogens with two attached hydrogens (primary N) is 1. The Hall–Kier alpha value is -1.75. The quantitative estimate of drug-likeness (QED) is 0.625. The number of hydrogen-bond acceptors (Lipinski definition) is 5. The fourth-order valence-electron chi connectivity index (χ4n) is 1.81. The second-order valence-corrected chi connectivity index (χ2v) is 4.58. The van der Waals surface area contributed by atoms with E-state index in [2.05, 4.69) is 0 Å². The number of benzene rings is 1. The SMILES string of the molecule is Nc1ccc(OCCC(=O)OCC2CCOC2)cc1. The summed E-state index contributed by atoms with van der Waals surface area (Å²) in [5.74, 6) is 0.815. The van der Waals surface area contributed by atoms with E-state index in [0.29, 0.717) is 37.2 Å². The molecular weight excluding hydrogens is 246 g/mol. The highest BCUT2D eigenvalue weighted by molar-refractivity contribution is 5.69. The van der Waals surface area contributed by atoms with Gasteiger partial charge in [-0.05, 0) is 30.7 Å². The first-order chi connectivity index (χ1) is 9.24. The lowest BCUT2D eigenvalue weighted by Gasteiger charge is -2.09. The third kappa shape index (κ3) is 4.79. The van der Waals surface area contributed by atoms with Gasteiger partial charge in [-0.1, -0.05) is 0 Å². The molecule has 1 fully saturated rings. The fourth-order valence-corrected chi connectivity index (χ4v) is 1.81. The third-order valence-corrected chi connectivity index (χ3v) is 2.96. The van der Waals surface area contributed by atoms with Gasteiger partial charge in [0.15, 0.2) is 0 Å². The van der Waals surface area contributed by atoms with Crippen molar-refractivity contribution in [3.05, 3.63) is 24.3 Å². The maximum Gasteiger partial charge on any atom is 0.309 e. The van der Waals surface area contributed by atoms with Gasteiger partial charge in [-0.2, -0.15) is 0 Å². The summed E-state index contributed by atoms with van der Waals surface area (Å²) in [4.78, 5) is 11.5. The molecule has 5 nitrogen and oxygen atoms in total. The van der Waals surface area contributed by atoms with Crippen molar-refractivity contribution in [1.82, 2.24) is 0 Å². The summed E-state index contributed by atoms with van der Waals surface area (Å²) in [6.07, 6.45) is 1.22. The highest BCUT2D eigenvalue weighted by Gasteiger charge is 2.17. The van der Waals surface area contributed by atoms with E-state index < -0.39 is 0 Å². The molecule has 0 saturated carbocycles. The van der Waals surface area contributed by atoms with Crippen molar-refractivity contribution in [3.8, 4) is 5.75 Å². The summed E-state index contributed by atoms with van der Waals surface area (Å²) in [5.41, 5.74) is 6.25. The Morgan fingerprint density at radius 3 is 2.84 bits per heavy atom. The Kier molecular flexibility index (Phi) is 5.03. The van der Waals surface area contributed by atoms with Crippen LogP contribution in [0.2, 0.25) is 0 Å². The van der Waals surface area contributed by atoms with Gasteiger partial charge in [0, 0.05) is 18.2 Å². The molecule has 5 heteroatoms. The topological polar surface area (TPSA) is 70.8 Å². The number of carbonyl (C=O) groups is 1. The second kappa shape index (κ2) is 6.99. The molecule has 1 heterocycles. The summed E-state index contributed by atoms with van der Waals surface area (Å²) in [6.45, 7) is 2.21. The van der Waals surface area contributed by atoms with Crippen LogP contribution in [-0.2, 0) is 14.3 Å². The maximum atomic E-state index is 11.5. The average molecular weight is 265 g/mol. The molecule has 19 heavy (non-hydrogen) atoms. The van der Waals surface area contributed by atoms with E-state index in [0.717, 1.165) is 13.0 Å². The molecule has 1 aromatic rings. The normalized spacial score (nSPS) is 18.2. The molecule has 0 amide bonds. The van der Waals surface area contributed by atoms with E-state index in [-0.39, 0.29) is 12.4 Å². The molecule has 1 unspecified atom stereocenters. The lowest BCUT2D eigenvalue weighted by molar-refractivity contribution is -0.145. The summed E-state index contributed by atoms with van der Waals surface area (Å²) >= 11 is 0. The van der Waals surface area contributed by atoms with Gasteiger partial charge >= 0.3 is 5.97 Å². The Morgan fingerprint density at radius 2 is 2.16 bits per heavy atom. The van der Waals surface area contributed by atoms with Gasteiger partial charge in [0.25, 0.3) is 0 Å². The zero-order valence-electron chi connectivity index (χ0n) is 10.8. The van der Waals surface area contributed by atoms with Crippen molar-refractivity contribution in [2.24, 2.45) is 5.92 Å². The molecule has 0 aromatic heterocycles. The molecular formula is C14H19NO4. The number of rotatable bonds is 6. The smallest absolute Gasteiger partial charge is 0.309 e. The fraction of sp³-hybridized carbons (Fsp3) is 0.500. The Morgan fingerprint density at radius 1 is 1.37 bits per heavy atom. The minimum Gasteiger partial charge on any atom is -0.493 e. The first-order valence-corrected chi connectivity index (χ1v) is 6.46. The summed E-state index contributed by atoms with van der Waals surface area (Å²) in [7, 11) is 0. The van der Waals surface area contributed by atoms with Crippen LogP contribution in [0.1, 0.15) is 12.8 Å². The number of esters is 1. The van der Waals surface area contributed by atoms with Gasteiger partial charge in [0.1, 0.15) is 5.75 Å². The molecule has 2 N–H and O–H groups in total. The van der Waals surface area contributed by atoms with Crippen LogP contribution in [0.3, 0.4) is 0 Å². The maximum absolute atomic E-state index is 11.5. The Balaban J connectivity index is 1.59. The zero-order chi connectivity index (χ0) is 13.5. The highest BCUT2D eigenvalue weighted by Crippen LogP contribution is 2.14. The minimum absolute atomic E-state index is 0.234. The van der Waals surface area contributed by atoms with Crippen molar-refractivity contribution in [3.63, 3.8) is 0 Å². The second-order valence-electron chi connectivity index (χ2n) is 4.58. The van der Waals surface area contributed by atoms with Gasteiger partial charge in [0.05, 0.1) is 26.2 Å². The number of carbonyl (C=O) groups excluding carboxylic acids is 1. The van der Waals surface area contributed by atoms with Gasteiger partial charge in [-0.25, -0.2) is 0 Å². The van der Waals surface area contributed by atoms with Crippen LogP contribution in [0.15, 0.2) is 24.3 Å². The predicted molar refractivity (Wildman–Crippen MR) is 70.9 cm³/mol. The van der Waals surface area contributed by atoms with Crippen LogP contribution in [0, 0.1) is 5.92 Å². The number of ether oxygens (including phenoxy) is 3. The number of hydrogen-bond donors (Lipinski definition) is 1. The van der Waals surface area contributed by atoms with E-state index in [1.54, 1.807) is 24.3 Å². The third-order valence-electron chi connectivity index (χ3n) is 2.96. The number of nitrogen functional groups attached to an aromatic ring is 1. The molecule has 0 spiro atoms. The molecule has 1 aliphatic rings. The van der Waals surface area contributed by atoms with Crippen LogP contribution in [0.5, 0.6) is 5.75 Å². The summed E-state index contributed by atoms with van der Waals surface area (Å²) in [6, 6.07) is 7.06. The minimum atomic E-state index is -0.234. The molecule has 0 bridgehead atoms. The molecule has 0 aliphatic carbocycles. The molecule has 1 aliphatic heterocycles. The van der Waals surface area contributed by atoms with Gasteiger partial charge in [0.2, 0.25) is 0 Å².